The Hall–Kier alpha value is -2.47. The van der Waals surface area contributed by atoms with Crippen molar-refractivity contribution in [3.8, 4) is 11.5 Å². The molecule has 10 nitrogen and oxygen atoms in total. The number of aliphatic hydroxyl groups is 5. The van der Waals surface area contributed by atoms with Crippen molar-refractivity contribution in [2.45, 2.75) is 57.6 Å². The van der Waals surface area contributed by atoms with Gasteiger partial charge in [-0.05, 0) is 20.3 Å². The number of aromatic hydroxyl groups is 1. The van der Waals surface area contributed by atoms with E-state index in [-0.39, 0.29) is 40.0 Å². The summed E-state index contributed by atoms with van der Waals surface area (Å²) in [5, 5.41) is 59.8. The lowest BCUT2D eigenvalue weighted by atomic mass is 9.99. The summed E-state index contributed by atoms with van der Waals surface area (Å²) in [5.41, 5.74) is -0.397. The van der Waals surface area contributed by atoms with Crippen molar-refractivity contribution in [3.63, 3.8) is 0 Å². The van der Waals surface area contributed by atoms with Gasteiger partial charge in [0.2, 0.25) is 11.7 Å². The minimum Gasteiger partial charge on any atom is -0.507 e. The number of benzene rings is 1. The van der Waals surface area contributed by atoms with Crippen LogP contribution in [0.2, 0.25) is 0 Å². The smallest absolute Gasteiger partial charge is 0.229 e. The number of hydrogen-bond donors (Lipinski definition) is 6. The number of aliphatic hydroxyl groups excluding tert-OH is 5. The molecule has 1 aliphatic heterocycles. The summed E-state index contributed by atoms with van der Waals surface area (Å²) in [7, 11) is 0. The van der Waals surface area contributed by atoms with Gasteiger partial charge in [-0.25, -0.2) is 0 Å². The van der Waals surface area contributed by atoms with E-state index in [1.54, 1.807) is 19.1 Å². The maximum atomic E-state index is 12.7. The highest BCUT2D eigenvalue weighted by molar-refractivity contribution is 5.87. The third kappa shape index (κ3) is 4.18. The normalized spacial score (nSPS) is 26.6. The number of hydrogen-bond acceptors (Lipinski definition) is 10. The molecule has 31 heavy (non-hydrogen) atoms. The first-order valence-electron chi connectivity index (χ1n) is 9.75. The summed E-state index contributed by atoms with van der Waals surface area (Å²) in [6, 6.07) is 1.34. The molecule has 2 aromatic rings. The van der Waals surface area contributed by atoms with Gasteiger partial charge in [0.25, 0.3) is 0 Å². The van der Waals surface area contributed by atoms with Crippen molar-refractivity contribution in [3.05, 3.63) is 45.3 Å². The van der Waals surface area contributed by atoms with E-state index in [0.29, 0.717) is 0 Å². The fourth-order valence-electron chi connectivity index (χ4n) is 3.51. The van der Waals surface area contributed by atoms with E-state index in [1.165, 1.54) is 13.0 Å². The zero-order chi connectivity index (χ0) is 22.9. The number of allylic oxidation sites excluding steroid dienone is 2. The van der Waals surface area contributed by atoms with Crippen molar-refractivity contribution in [2.24, 2.45) is 0 Å². The standard InChI is InChI=1S/C21H26O10/c1-3-4-5-10-12(30-21-20(28)19(27)18(26)14(8-23)31-21)6-13-15(16(10)24)17(25)11(7-22)9(2)29-13/h3-4,6,14,18-24,26-28H,5,7-8H2,1-2H3/b4-3+/t14-,18-,19+,20-,21-/m1/s1. The van der Waals surface area contributed by atoms with Crippen molar-refractivity contribution in [1.82, 2.24) is 0 Å². The van der Waals surface area contributed by atoms with Gasteiger partial charge in [-0.15, -0.1) is 0 Å². The Morgan fingerprint density at radius 1 is 1.13 bits per heavy atom. The largest absolute Gasteiger partial charge is 0.507 e. The van der Waals surface area contributed by atoms with Gasteiger partial charge < -0.3 is 44.5 Å². The average molecular weight is 438 g/mol. The highest BCUT2D eigenvalue weighted by Crippen LogP contribution is 2.38. The Kier molecular flexibility index (Phi) is 6.99. The molecular weight excluding hydrogens is 412 g/mol. The van der Waals surface area contributed by atoms with Gasteiger partial charge in [-0.2, -0.15) is 0 Å². The van der Waals surface area contributed by atoms with Crippen molar-refractivity contribution < 1.29 is 44.5 Å². The lowest BCUT2D eigenvalue weighted by molar-refractivity contribution is -0.277. The Balaban J connectivity index is 2.13. The minimum atomic E-state index is -1.66. The first-order valence-corrected chi connectivity index (χ1v) is 9.75. The summed E-state index contributed by atoms with van der Waals surface area (Å²) in [6.07, 6.45) is -3.95. The van der Waals surface area contributed by atoms with Gasteiger partial charge in [-0.1, -0.05) is 12.2 Å². The first kappa shape index (κ1) is 23.2. The molecule has 1 saturated heterocycles. The van der Waals surface area contributed by atoms with Gasteiger partial charge in [0.05, 0.1) is 18.8 Å². The minimum absolute atomic E-state index is 0.00623. The third-order valence-electron chi connectivity index (χ3n) is 5.33. The van der Waals surface area contributed by atoms with Crippen LogP contribution in [0.5, 0.6) is 11.5 Å². The van der Waals surface area contributed by atoms with Crippen molar-refractivity contribution in [1.29, 1.82) is 0 Å². The predicted octanol–water partition coefficient (Wildman–Crippen LogP) is -0.403. The molecular formula is C21H26O10. The van der Waals surface area contributed by atoms with E-state index in [1.807, 2.05) is 0 Å². The van der Waals surface area contributed by atoms with Gasteiger partial charge >= 0.3 is 0 Å². The molecule has 0 saturated carbocycles. The van der Waals surface area contributed by atoms with E-state index >= 15 is 0 Å². The van der Waals surface area contributed by atoms with Gasteiger partial charge in [0.1, 0.15) is 52.6 Å². The van der Waals surface area contributed by atoms with Crippen LogP contribution in [-0.4, -0.2) is 68.0 Å². The fourth-order valence-corrected chi connectivity index (χ4v) is 3.51. The molecule has 6 N–H and O–H groups in total. The molecule has 0 amide bonds. The summed E-state index contributed by atoms with van der Waals surface area (Å²) < 4.78 is 16.7. The Morgan fingerprint density at radius 2 is 1.84 bits per heavy atom. The SMILES string of the molecule is C/C=C/Cc1c(O[C@@H]2O[C@H](CO)[C@@H](O)[C@H](O)[C@H]2O)cc2oc(C)c(CO)c(=O)c2c1O. The molecule has 3 rings (SSSR count). The maximum absolute atomic E-state index is 12.7. The number of phenolic OH excluding ortho intramolecular Hbond substituents is 1. The quantitative estimate of drug-likeness (QED) is 0.326. The van der Waals surface area contributed by atoms with E-state index in [2.05, 4.69) is 0 Å². The monoisotopic (exact) mass is 438 g/mol. The zero-order valence-corrected chi connectivity index (χ0v) is 17.1. The third-order valence-corrected chi connectivity index (χ3v) is 5.33. The Labute approximate surface area is 177 Å². The number of ether oxygens (including phenoxy) is 2. The molecule has 170 valence electrons. The highest BCUT2D eigenvalue weighted by atomic mass is 16.7. The lowest BCUT2D eigenvalue weighted by Gasteiger charge is -2.39. The van der Waals surface area contributed by atoms with E-state index < -0.39 is 55.1 Å². The predicted molar refractivity (Wildman–Crippen MR) is 108 cm³/mol. The van der Waals surface area contributed by atoms with Crippen molar-refractivity contribution in [2.75, 3.05) is 6.61 Å². The Bertz CT molecular complexity index is 1030. The number of phenols is 1. The molecule has 5 atom stereocenters. The van der Waals surface area contributed by atoms with Crippen LogP contribution in [0.1, 0.15) is 23.8 Å². The van der Waals surface area contributed by atoms with Crippen LogP contribution in [0.3, 0.4) is 0 Å². The molecule has 0 bridgehead atoms. The summed E-state index contributed by atoms with van der Waals surface area (Å²) >= 11 is 0. The number of fused-ring (bicyclic) bond motifs is 1. The summed E-state index contributed by atoms with van der Waals surface area (Å²) in [4.78, 5) is 12.7. The zero-order valence-electron chi connectivity index (χ0n) is 17.1. The van der Waals surface area contributed by atoms with Crippen LogP contribution in [0.25, 0.3) is 11.0 Å². The Morgan fingerprint density at radius 3 is 2.45 bits per heavy atom. The van der Waals surface area contributed by atoms with Gasteiger partial charge in [0, 0.05) is 11.6 Å². The molecule has 0 spiro atoms. The van der Waals surface area contributed by atoms with Crippen molar-refractivity contribution >= 4 is 11.0 Å². The first-order chi connectivity index (χ1) is 14.7. The van der Waals surface area contributed by atoms with Crippen LogP contribution in [-0.2, 0) is 17.8 Å². The fraction of sp³-hybridized carbons (Fsp3) is 0.476. The lowest BCUT2D eigenvalue weighted by Crippen LogP contribution is -2.60. The van der Waals surface area contributed by atoms with Crippen LogP contribution in [0.4, 0.5) is 0 Å². The van der Waals surface area contributed by atoms with Crippen LogP contribution >= 0.6 is 0 Å². The molecule has 2 heterocycles. The molecule has 10 heteroatoms. The topological polar surface area (TPSA) is 170 Å². The number of aryl methyl sites for hydroxylation is 1. The molecule has 1 aliphatic rings. The highest BCUT2D eigenvalue weighted by Gasteiger charge is 2.45. The van der Waals surface area contributed by atoms with E-state index in [0.717, 1.165) is 0 Å². The maximum Gasteiger partial charge on any atom is 0.229 e. The molecule has 0 unspecified atom stereocenters. The van der Waals surface area contributed by atoms with E-state index in [4.69, 9.17) is 13.9 Å². The second-order valence-corrected chi connectivity index (χ2v) is 7.29. The molecule has 1 aromatic carbocycles. The molecule has 1 fully saturated rings. The van der Waals surface area contributed by atoms with Crippen LogP contribution < -0.4 is 10.2 Å². The molecule has 1 aromatic heterocycles. The summed E-state index contributed by atoms with van der Waals surface area (Å²) in [6.45, 7) is 2.07. The molecule has 0 aliphatic carbocycles. The second-order valence-electron chi connectivity index (χ2n) is 7.29. The summed E-state index contributed by atoms with van der Waals surface area (Å²) in [5.74, 6) is -0.246. The average Bonchev–Trinajstić information content (AvgIpc) is 2.73. The van der Waals surface area contributed by atoms with Crippen LogP contribution in [0, 0.1) is 6.92 Å². The molecule has 0 radical (unpaired) electrons. The van der Waals surface area contributed by atoms with Gasteiger partial charge in [0.15, 0.2) is 0 Å². The van der Waals surface area contributed by atoms with E-state index in [9.17, 15) is 35.4 Å². The number of rotatable bonds is 6. The van der Waals surface area contributed by atoms with Crippen LogP contribution in [0.15, 0.2) is 27.4 Å². The van der Waals surface area contributed by atoms with Gasteiger partial charge in [-0.3, -0.25) is 4.79 Å². The second kappa shape index (κ2) is 9.35.